The molecule has 0 bridgehead atoms. The molecule has 0 fully saturated rings. The molecule has 10 heavy (non-hydrogen) atoms. The van der Waals surface area contributed by atoms with E-state index < -0.39 is 0 Å². The van der Waals surface area contributed by atoms with Gasteiger partial charge >= 0.3 is 0 Å². The molecule has 0 saturated heterocycles. The van der Waals surface area contributed by atoms with Crippen LogP contribution in [0.4, 0.5) is 0 Å². The smallest absolute Gasteiger partial charge is 0.244 e. The van der Waals surface area contributed by atoms with Gasteiger partial charge in [-0.15, -0.1) is 0 Å². The fourth-order valence-electron chi connectivity index (χ4n) is 0.402. The molecule has 0 heterocycles. The molecule has 3 heteroatoms. The Hall–Kier alpha value is -0.830. The van der Waals surface area contributed by atoms with Crippen LogP contribution in [0.3, 0.4) is 0 Å². The lowest BCUT2D eigenvalue weighted by molar-refractivity contribution is -0.114. The van der Waals surface area contributed by atoms with Gasteiger partial charge in [0, 0.05) is 12.2 Å². The Bertz CT molecular complexity index is 141. The van der Waals surface area contributed by atoms with E-state index in [1.807, 2.05) is 6.92 Å². The third-order valence-corrected chi connectivity index (χ3v) is 1.10. The van der Waals surface area contributed by atoms with Gasteiger partial charge in [0.2, 0.25) is 5.91 Å². The largest absolute Gasteiger partial charge is 0.378 e. The van der Waals surface area contributed by atoms with Crippen LogP contribution in [0.25, 0.3) is 0 Å². The highest BCUT2D eigenvalue weighted by Gasteiger charge is 1.93. The second-order valence-electron chi connectivity index (χ2n) is 1.91. The number of hydrogen-bond acceptors (Lipinski definition) is 2. The summed E-state index contributed by atoms with van der Waals surface area (Å²) in [6.45, 7) is 4.68. The lowest BCUT2D eigenvalue weighted by Gasteiger charge is -1.95. The minimum Gasteiger partial charge on any atom is -0.378 e. The Balaban J connectivity index is 3.58. The summed E-state index contributed by atoms with van der Waals surface area (Å²) in [5.74, 6) is -0.389. The number of carbonyl (C=O) groups is 1. The summed E-state index contributed by atoms with van der Waals surface area (Å²) < 4.78 is 4.97. The third-order valence-electron chi connectivity index (χ3n) is 1.10. The first-order valence-electron chi connectivity index (χ1n) is 3.22. The van der Waals surface area contributed by atoms with E-state index in [4.69, 9.17) is 10.5 Å². The van der Waals surface area contributed by atoms with Gasteiger partial charge in [0.15, 0.2) is 0 Å². The van der Waals surface area contributed by atoms with E-state index in [1.54, 1.807) is 13.0 Å². The highest BCUT2D eigenvalue weighted by molar-refractivity contribution is 5.91. The van der Waals surface area contributed by atoms with Crippen LogP contribution in [-0.4, -0.2) is 19.1 Å². The Kier molecular flexibility index (Phi) is 4.58. The number of primary amides is 1. The monoisotopic (exact) mass is 143 g/mol. The van der Waals surface area contributed by atoms with Crippen molar-refractivity contribution in [1.82, 2.24) is 0 Å². The summed E-state index contributed by atoms with van der Waals surface area (Å²) in [5, 5.41) is 0. The van der Waals surface area contributed by atoms with Crippen LogP contribution in [-0.2, 0) is 9.53 Å². The third kappa shape index (κ3) is 4.09. The first-order chi connectivity index (χ1) is 4.68. The van der Waals surface area contributed by atoms with Gasteiger partial charge in [0.1, 0.15) is 0 Å². The van der Waals surface area contributed by atoms with Gasteiger partial charge in [-0.05, 0) is 13.8 Å². The lowest BCUT2D eigenvalue weighted by Crippen LogP contribution is -2.12. The molecule has 0 aliphatic rings. The minimum atomic E-state index is -0.389. The number of rotatable bonds is 4. The number of hydrogen-bond donors (Lipinski definition) is 1. The lowest BCUT2D eigenvalue weighted by atomic mass is 10.3. The van der Waals surface area contributed by atoms with Crippen LogP contribution >= 0.6 is 0 Å². The first kappa shape index (κ1) is 9.17. The molecule has 0 spiro atoms. The molecule has 0 aromatic carbocycles. The van der Waals surface area contributed by atoms with E-state index in [2.05, 4.69) is 0 Å². The van der Waals surface area contributed by atoms with Crippen LogP contribution < -0.4 is 5.73 Å². The van der Waals surface area contributed by atoms with Crippen LogP contribution in [0, 0.1) is 0 Å². The van der Waals surface area contributed by atoms with E-state index in [9.17, 15) is 4.79 Å². The average Bonchev–Trinajstić information content (AvgIpc) is 1.88. The van der Waals surface area contributed by atoms with Gasteiger partial charge in [0.05, 0.1) is 6.61 Å². The second kappa shape index (κ2) is 4.99. The zero-order valence-corrected chi connectivity index (χ0v) is 6.39. The van der Waals surface area contributed by atoms with Crippen molar-refractivity contribution in [3.63, 3.8) is 0 Å². The van der Waals surface area contributed by atoms with E-state index in [0.717, 1.165) is 0 Å². The van der Waals surface area contributed by atoms with Gasteiger partial charge in [-0.3, -0.25) is 4.79 Å². The predicted molar refractivity (Wildman–Crippen MR) is 39.4 cm³/mol. The van der Waals surface area contributed by atoms with Crippen molar-refractivity contribution in [3.05, 3.63) is 11.6 Å². The Morgan fingerprint density at radius 1 is 1.70 bits per heavy atom. The van der Waals surface area contributed by atoms with Crippen molar-refractivity contribution in [2.45, 2.75) is 13.8 Å². The molecule has 58 valence electrons. The molecule has 0 saturated carbocycles. The van der Waals surface area contributed by atoms with Crippen LogP contribution in [0.15, 0.2) is 11.6 Å². The Labute approximate surface area is 60.9 Å². The first-order valence-corrected chi connectivity index (χ1v) is 3.22. The molecule has 0 atom stereocenters. The fraction of sp³-hybridized carbons (Fsp3) is 0.571. The molecular formula is C7H13NO2. The van der Waals surface area contributed by atoms with Crippen LogP contribution in [0.1, 0.15) is 13.8 Å². The van der Waals surface area contributed by atoms with Crippen molar-refractivity contribution in [2.24, 2.45) is 5.73 Å². The summed E-state index contributed by atoms with van der Waals surface area (Å²) in [4.78, 5) is 10.4. The average molecular weight is 143 g/mol. The molecule has 1 amide bonds. The van der Waals surface area contributed by atoms with Gasteiger partial charge in [-0.2, -0.15) is 0 Å². The molecule has 0 unspecified atom stereocenters. The van der Waals surface area contributed by atoms with Crippen molar-refractivity contribution in [1.29, 1.82) is 0 Å². The van der Waals surface area contributed by atoms with E-state index in [-0.39, 0.29) is 5.91 Å². The second-order valence-corrected chi connectivity index (χ2v) is 1.91. The fourth-order valence-corrected chi connectivity index (χ4v) is 0.402. The summed E-state index contributed by atoms with van der Waals surface area (Å²) in [5.41, 5.74) is 5.50. The van der Waals surface area contributed by atoms with Crippen molar-refractivity contribution < 1.29 is 9.53 Å². The zero-order chi connectivity index (χ0) is 7.98. The quantitative estimate of drug-likeness (QED) is 0.459. The number of amides is 1. The van der Waals surface area contributed by atoms with E-state index >= 15 is 0 Å². The van der Waals surface area contributed by atoms with Gasteiger partial charge in [0.25, 0.3) is 0 Å². The number of carbonyl (C=O) groups excluding carboxylic acids is 1. The Morgan fingerprint density at radius 3 is 2.70 bits per heavy atom. The van der Waals surface area contributed by atoms with Crippen LogP contribution in [0.5, 0.6) is 0 Å². The normalized spacial score (nSPS) is 11.6. The maximum absolute atomic E-state index is 10.4. The molecule has 0 aliphatic carbocycles. The van der Waals surface area contributed by atoms with Gasteiger partial charge in [-0.25, -0.2) is 0 Å². The molecule has 0 aliphatic heterocycles. The van der Waals surface area contributed by atoms with E-state index in [1.165, 1.54) is 0 Å². The topological polar surface area (TPSA) is 52.3 Å². The van der Waals surface area contributed by atoms with Gasteiger partial charge < -0.3 is 10.5 Å². The van der Waals surface area contributed by atoms with Gasteiger partial charge in [-0.1, -0.05) is 6.08 Å². The van der Waals surface area contributed by atoms with Crippen LogP contribution in [0.2, 0.25) is 0 Å². The zero-order valence-electron chi connectivity index (χ0n) is 6.39. The molecule has 0 rings (SSSR count). The standard InChI is InChI=1S/C7H13NO2/c1-3-10-5-4-6(2)7(8)9/h4H,3,5H2,1-2H3,(H2,8,9). The highest BCUT2D eigenvalue weighted by Crippen LogP contribution is 1.89. The molecule has 0 radical (unpaired) electrons. The van der Waals surface area contributed by atoms with Crippen molar-refractivity contribution in [2.75, 3.05) is 13.2 Å². The maximum Gasteiger partial charge on any atom is 0.244 e. The van der Waals surface area contributed by atoms with E-state index in [0.29, 0.717) is 18.8 Å². The number of nitrogens with two attached hydrogens (primary N) is 1. The molecule has 0 aromatic heterocycles. The summed E-state index contributed by atoms with van der Waals surface area (Å²) in [6, 6.07) is 0. The molecular weight excluding hydrogens is 130 g/mol. The summed E-state index contributed by atoms with van der Waals surface area (Å²) >= 11 is 0. The highest BCUT2D eigenvalue weighted by atomic mass is 16.5. The van der Waals surface area contributed by atoms with Crippen molar-refractivity contribution in [3.8, 4) is 0 Å². The predicted octanol–water partition coefficient (Wildman–Crippen LogP) is 0.455. The molecule has 3 nitrogen and oxygen atoms in total. The molecule has 2 N–H and O–H groups in total. The van der Waals surface area contributed by atoms with Crippen molar-refractivity contribution >= 4 is 5.91 Å². The molecule has 0 aromatic rings. The Morgan fingerprint density at radius 2 is 2.30 bits per heavy atom. The number of ether oxygens (including phenoxy) is 1. The summed E-state index contributed by atoms with van der Waals surface area (Å²) in [6.07, 6.45) is 1.67. The minimum absolute atomic E-state index is 0.389. The summed E-state index contributed by atoms with van der Waals surface area (Å²) in [7, 11) is 0. The SMILES string of the molecule is CCOCC=C(C)C(N)=O. The maximum atomic E-state index is 10.4.